The molecule has 3 rings (SSSR count). The Balaban J connectivity index is 2.10. The second-order valence-corrected chi connectivity index (χ2v) is 8.53. The Morgan fingerprint density at radius 3 is 2.29 bits per heavy atom. The van der Waals surface area contributed by atoms with Crippen LogP contribution >= 0.6 is 0 Å². The van der Waals surface area contributed by atoms with Gasteiger partial charge in [0, 0.05) is 17.6 Å². The van der Waals surface area contributed by atoms with Gasteiger partial charge in [0.25, 0.3) is 11.5 Å². The van der Waals surface area contributed by atoms with Crippen LogP contribution in [0.25, 0.3) is 10.8 Å². The molecular weight excluding hydrogens is 350 g/mol. The Kier molecular flexibility index (Phi) is 5.36. The molecule has 146 valence electrons. The van der Waals surface area contributed by atoms with E-state index in [0.29, 0.717) is 17.3 Å². The predicted octanol–water partition coefficient (Wildman–Crippen LogP) is 4.60. The zero-order valence-corrected chi connectivity index (χ0v) is 17.1. The first kappa shape index (κ1) is 19.8. The number of carbonyl (C=O) groups excluding carboxylic acids is 1. The Bertz CT molecular complexity index is 1080. The van der Waals surface area contributed by atoms with Gasteiger partial charge < -0.3 is 5.32 Å². The van der Waals surface area contributed by atoms with E-state index in [1.165, 1.54) is 4.68 Å². The van der Waals surface area contributed by atoms with Gasteiger partial charge in [-0.1, -0.05) is 71.0 Å². The van der Waals surface area contributed by atoms with E-state index in [9.17, 15) is 9.59 Å². The molecule has 2 aromatic carbocycles. The molecule has 0 aliphatic carbocycles. The largest absolute Gasteiger partial charge is 0.320 e. The van der Waals surface area contributed by atoms with Gasteiger partial charge in [0.15, 0.2) is 5.69 Å². The number of hydrogen-bond donors (Lipinski definition) is 1. The molecule has 5 heteroatoms. The number of fused-ring (bicyclic) bond motifs is 1. The van der Waals surface area contributed by atoms with Crippen molar-refractivity contribution in [2.75, 3.05) is 5.32 Å². The molecule has 0 unspecified atom stereocenters. The van der Waals surface area contributed by atoms with Crippen molar-refractivity contribution in [3.63, 3.8) is 0 Å². The van der Waals surface area contributed by atoms with Gasteiger partial charge in [0.05, 0.1) is 5.39 Å². The highest BCUT2D eigenvalue weighted by atomic mass is 16.2. The van der Waals surface area contributed by atoms with Crippen LogP contribution in [-0.2, 0) is 12.0 Å². The third-order valence-electron chi connectivity index (χ3n) is 4.60. The first-order valence-electron chi connectivity index (χ1n) is 9.59. The fraction of sp³-hybridized carbons (Fsp3) is 0.348. The van der Waals surface area contributed by atoms with Crippen molar-refractivity contribution in [2.45, 2.75) is 46.6 Å². The fourth-order valence-electron chi connectivity index (χ4n) is 3.30. The maximum atomic E-state index is 13.2. The van der Waals surface area contributed by atoms with Gasteiger partial charge in [0.1, 0.15) is 0 Å². The molecule has 0 fully saturated rings. The smallest absolute Gasteiger partial charge is 0.276 e. The summed E-state index contributed by atoms with van der Waals surface area (Å²) in [5.41, 5.74) is 1.78. The number of nitrogens with one attached hydrogen (secondary N) is 1. The van der Waals surface area contributed by atoms with Crippen LogP contribution in [0.4, 0.5) is 5.69 Å². The Morgan fingerprint density at radius 2 is 1.64 bits per heavy atom. The van der Waals surface area contributed by atoms with E-state index in [1.54, 1.807) is 18.2 Å². The van der Waals surface area contributed by atoms with Gasteiger partial charge in [-0.05, 0) is 29.0 Å². The quantitative estimate of drug-likeness (QED) is 0.722. The summed E-state index contributed by atoms with van der Waals surface area (Å²) in [6.45, 7) is 10.8. The lowest BCUT2D eigenvalue weighted by molar-refractivity contribution is 0.102. The predicted molar refractivity (Wildman–Crippen MR) is 114 cm³/mol. The number of para-hydroxylation sites is 1. The van der Waals surface area contributed by atoms with Crippen LogP contribution in [0.3, 0.4) is 0 Å². The maximum absolute atomic E-state index is 13.2. The molecule has 0 aliphatic heterocycles. The molecule has 1 N–H and O–H groups in total. The average molecular weight is 377 g/mol. The first-order chi connectivity index (χ1) is 13.2. The van der Waals surface area contributed by atoms with Crippen molar-refractivity contribution in [1.29, 1.82) is 0 Å². The SMILES string of the molecule is CC(C)Cn1nc(C(=O)Nc2ccccc2C(C)(C)C)c2ccccc2c1=O. The monoisotopic (exact) mass is 377 g/mol. The summed E-state index contributed by atoms with van der Waals surface area (Å²) in [6.07, 6.45) is 0. The molecular formula is C23H27N3O2. The number of aromatic nitrogens is 2. The molecule has 0 atom stereocenters. The van der Waals surface area contributed by atoms with Gasteiger partial charge in [-0.25, -0.2) is 4.68 Å². The minimum Gasteiger partial charge on any atom is -0.320 e. The first-order valence-corrected chi connectivity index (χ1v) is 9.59. The lowest BCUT2D eigenvalue weighted by Crippen LogP contribution is -2.29. The molecule has 0 aliphatic rings. The third kappa shape index (κ3) is 3.98. The van der Waals surface area contributed by atoms with E-state index >= 15 is 0 Å². The number of amides is 1. The van der Waals surface area contributed by atoms with Crippen molar-refractivity contribution in [3.8, 4) is 0 Å². The molecule has 0 saturated heterocycles. The molecule has 1 heterocycles. The Morgan fingerprint density at radius 1 is 1.04 bits per heavy atom. The highest BCUT2D eigenvalue weighted by molar-refractivity contribution is 6.11. The molecule has 3 aromatic rings. The van der Waals surface area contributed by atoms with E-state index in [1.807, 2.05) is 44.2 Å². The summed E-state index contributed by atoms with van der Waals surface area (Å²) in [6, 6.07) is 14.9. The molecule has 5 nitrogen and oxygen atoms in total. The topological polar surface area (TPSA) is 64.0 Å². The zero-order chi connectivity index (χ0) is 20.5. The van der Waals surface area contributed by atoms with E-state index in [0.717, 1.165) is 11.3 Å². The van der Waals surface area contributed by atoms with Gasteiger partial charge >= 0.3 is 0 Å². The van der Waals surface area contributed by atoms with Crippen LogP contribution in [-0.4, -0.2) is 15.7 Å². The standard InChI is InChI=1S/C23H27N3O2/c1-15(2)14-26-22(28)17-11-7-6-10-16(17)20(25-26)21(27)24-19-13-9-8-12-18(19)23(3,4)5/h6-13,15H,14H2,1-5H3,(H,24,27). The molecule has 28 heavy (non-hydrogen) atoms. The number of anilines is 1. The number of hydrogen-bond acceptors (Lipinski definition) is 3. The molecule has 0 bridgehead atoms. The lowest BCUT2D eigenvalue weighted by atomic mass is 9.86. The van der Waals surface area contributed by atoms with Crippen molar-refractivity contribution in [3.05, 3.63) is 70.1 Å². The van der Waals surface area contributed by atoms with Crippen molar-refractivity contribution < 1.29 is 4.79 Å². The molecule has 1 aromatic heterocycles. The Labute approximate surface area is 165 Å². The second kappa shape index (κ2) is 7.58. The summed E-state index contributed by atoms with van der Waals surface area (Å²) < 4.78 is 1.40. The highest BCUT2D eigenvalue weighted by Gasteiger charge is 2.21. The van der Waals surface area contributed by atoms with Gasteiger partial charge in [-0.3, -0.25) is 9.59 Å². The van der Waals surface area contributed by atoms with Gasteiger partial charge in [-0.15, -0.1) is 0 Å². The molecule has 0 spiro atoms. The summed E-state index contributed by atoms with van der Waals surface area (Å²) in [5, 5.41) is 8.50. The van der Waals surface area contributed by atoms with Crippen molar-refractivity contribution in [1.82, 2.24) is 9.78 Å². The molecule has 1 amide bonds. The zero-order valence-electron chi connectivity index (χ0n) is 17.1. The van der Waals surface area contributed by atoms with Gasteiger partial charge in [0.2, 0.25) is 0 Å². The number of carbonyl (C=O) groups is 1. The van der Waals surface area contributed by atoms with E-state index in [-0.39, 0.29) is 28.5 Å². The summed E-state index contributed by atoms with van der Waals surface area (Å²) in [5.74, 6) is -0.0747. The van der Waals surface area contributed by atoms with Crippen LogP contribution in [0.15, 0.2) is 53.3 Å². The maximum Gasteiger partial charge on any atom is 0.276 e. The lowest BCUT2D eigenvalue weighted by Gasteiger charge is -2.23. The van der Waals surface area contributed by atoms with Crippen LogP contribution in [0.5, 0.6) is 0 Å². The number of rotatable bonds is 4. The summed E-state index contributed by atoms with van der Waals surface area (Å²) in [4.78, 5) is 25.9. The van der Waals surface area contributed by atoms with Crippen LogP contribution < -0.4 is 10.9 Å². The normalized spacial score (nSPS) is 11.8. The number of benzene rings is 2. The van der Waals surface area contributed by atoms with Crippen LogP contribution in [0.2, 0.25) is 0 Å². The summed E-state index contributed by atoms with van der Waals surface area (Å²) >= 11 is 0. The van der Waals surface area contributed by atoms with Crippen molar-refractivity contribution in [2.24, 2.45) is 5.92 Å². The van der Waals surface area contributed by atoms with Crippen LogP contribution in [0.1, 0.15) is 50.7 Å². The Hall–Kier alpha value is -2.95. The molecule has 0 saturated carbocycles. The fourth-order valence-corrected chi connectivity index (χ4v) is 3.30. The third-order valence-corrected chi connectivity index (χ3v) is 4.60. The minimum absolute atomic E-state index is 0.115. The second-order valence-electron chi connectivity index (χ2n) is 8.53. The van der Waals surface area contributed by atoms with E-state index < -0.39 is 0 Å². The molecule has 0 radical (unpaired) electrons. The number of nitrogens with zero attached hydrogens (tertiary/aromatic N) is 2. The summed E-state index contributed by atoms with van der Waals surface area (Å²) in [7, 11) is 0. The highest BCUT2D eigenvalue weighted by Crippen LogP contribution is 2.29. The van der Waals surface area contributed by atoms with Gasteiger partial charge in [-0.2, -0.15) is 5.10 Å². The van der Waals surface area contributed by atoms with Crippen LogP contribution in [0, 0.1) is 5.92 Å². The minimum atomic E-state index is -0.314. The van der Waals surface area contributed by atoms with Crippen molar-refractivity contribution >= 4 is 22.4 Å². The van der Waals surface area contributed by atoms with E-state index in [4.69, 9.17) is 0 Å². The average Bonchev–Trinajstić information content (AvgIpc) is 2.63. The van der Waals surface area contributed by atoms with E-state index in [2.05, 4.69) is 31.2 Å².